The zero-order chi connectivity index (χ0) is 18.0. The fourth-order valence-electron chi connectivity index (χ4n) is 0. The van der Waals surface area contributed by atoms with E-state index < -0.39 is 0 Å². The Bertz CT molecular complexity index is 130. The first-order valence-electron chi connectivity index (χ1n) is 6.82. The van der Waals surface area contributed by atoms with Crippen LogP contribution in [0, 0.1) is 0 Å². The van der Waals surface area contributed by atoms with Gasteiger partial charge in [-0.1, -0.05) is 83.1 Å². The summed E-state index contributed by atoms with van der Waals surface area (Å²) >= 11 is 19.3. The van der Waals surface area contributed by atoms with Gasteiger partial charge in [-0.3, -0.25) is 0 Å². The van der Waals surface area contributed by atoms with E-state index in [2.05, 4.69) is 0 Å². The first-order valence-corrected chi connectivity index (χ1v) is 8.45. The van der Waals surface area contributed by atoms with Crippen molar-refractivity contribution in [2.75, 3.05) is 0 Å². The SMILES string of the molecule is CC(C)(C)[S-].CC(C)(C)[S-].CC(C)(C)[S-].CC(C)(C)[S-].[V+4]. The quantitative estimate of drug-likeness (QED) is 0.498. The van der Waals surface area contributed by atoms with Gasteiger partial charge in [0, 0.05) is 0 Å². The molecule has 0 heterocycles. The summed E-state index contributed by atoms with van der Waals surface area (Å²) in [5.41, 5.74) is 0. The molecule has 0 fully saturated rings. The van der Waals surface area contributed by atoms with Gasteiger partial charge in [0.15, 0.2) is 0 Å². The number of hydrogen-bond donors (Lipinski definition) is 0. The summed E-state index contributed by atoms with van der Waals surface area (Å²) in [4.78, 5) is 0. The van der Waals surface area contributed by atoms with Gasteiger partial charge >= 0.3 is 18.6 Å². The van der Waals surface area contributed by atoms with E-state index in [0.717, 1.165) is 0 Å². The first kappa shape index (κ1) is 34.3. The molecule has 0 aromatic carbocycles. The number of rotatable bonds is 0. The fraction of sp³-hybridized carbons (Fsp3) is 1.00. The molecule has 0 saturated carbocycles. The van der Waals surface area contributed by atoms with Crippen molar-refractivity contribution in [3.8, 4) is 0 Å². The van der Waals surface area contributed by atoms with Gasteiger partial charge in [-0.2, -0.15) is 19.0 Å². The summed E-state index contributed by atoms with van der Waals surface area (Å²) < 4.78 is 0.333. The van der Waals surface area contributed by atoms with Crippen LogP contribution in [-0.4, -0.2) is 19.0 Å². The molecule has 0 aliphatic carbocycles. The van der Waals surface area contributed by atoms with Crippen LogP contribution in [-0.2, 0) is 69.1 Å². The van der Waals surface area contributed by atoms with E-state index in [1.54, 1.807) is 0 Å². The molecule has 0 aromatic rings. The molecule has 0 spiro atoms. The molecule has 0 unspecified atom stereocenters. The predicted octanol–water partition coefficient (Wildman–Crippen LogP) is 5.32. The van der Waals surface area contributed by atoms with Crippen LogP contribution >= 0.6 is 0 Å². The predicted molar refractivity (Wildman–Crippen MR) is 108 cm³/mol. The van der Waals surface area contributed by atoms with Gasteiger partial charge in [-0.05, 0) is 0 Å². The van der Waals surface area contributed by atoms with Crippen LogP contribution in [0.1, 0.15) is 83.1 Å². The van der Waals surface area contributed by atoms with E-state index in [-0.39, 0.29) is 37.5 Å². The Kier molecular flexibility index (Phi) is 23.4. The van der Waals surface area contributed by atoms with Crippen molar-refractivity contribution >= 4 is 50.5 Å². The zero-order valence-electron chi connectivity index (χ0n) is 16.1. The molecule has 0 N–H and O–H groups in total. The van der Waals surface area contributed by atoms with Crippen LogP contribution in [0.2, 0.25) is 0 Å². The second kappa shape index (κ2) is 14.3. The summed E-state index contributed by atoms with van der Waals surface area (Å²) in [6.45, 7) is 24.0. The van der Waals surface area contributed by atoms with Crippen LogP contribution < -0.4 is 0 Å². The second-order valence-corrected chi connectivity index (χ2v) is 13.3. The van der Waals surface area contributed by atoms with Crippen molar-refractivity contribution in [1.29, 1.82) is 0 Å². The van der Waals surface area contributed by atoms with Crippen LogP contribution in [0.15, 0.2) is 0 Å². The summed E-state index contributed by atoms with van der Waals surface area (Å²) in [6, 6.07) is 0. The van der Waals surface area contributed by atoms with Gasteiger partial charge in [0.25, 0.3) is 0 Å². The Morgan fingerprint density at radius 1 is 0.333 bits per heavy atom. The van der Waals surface area contributed by atoms with E-state index in [1.165, 1.54) is 0 Å². The maximum absolute atomic E-state index is 4.83. The molecule has 0 atom stereocenters. The molecule has 0 rings (SSSR count). The Hall–Kier alpha value is 1.98. The molecule has 0 bridgehead atoms. The van der Waals surface area contributed by atoms with E-state index >= 15 is 0 Å². The summed E-state index contributed by atoms with van der Waals surface area (Å²) in [5.74, 6) is 0. The van der Waals surface area contributed by atoms with E-state index in [9.17, 15) is 0 Å². The van der Waals surface area contributed by atoms with Crippen molar-refractivity contribution in [1.82, 2.24) is 0 Å². The minimum absolute atomic E-state index is 0. The molecule has 0 amide bonds. The van der Waals surface area contributed by atoms with Crippen LogP contribution in [0.3, 0.4) is 0 Å². The molecule has 5 heteroatoms. The molecule has 0 aliphatic heterocycles. The van der Waals surface area contributed by atoms with Crippen molar-refractivity contribution in [2.24, 2.45) is 0 Å². The molecule has 0 aliphatic rings. The third-order valence-corrected chi connectivity index (χ3v) is 0. The maximum Gasteiger partial charge on any atom is 4.00 e. The van der Waals surface area contributed by atoms with Gasteiger partial charge in [-0.25, -0.2) is 0 Å². The molecular formula is C16H36S4V. The van der Waals surface area contributed by atoms with Gasteiger partial charge in [-0.15, -0.1) is 0 Å². The molecule has 1 radical (unpaired) electrons. The van der Waals surface area contributed by atoms with Gasteiger partial charge in [0.1, 0.15) is 0 Å². The van der Waals surface area contributed by atoms with E-state index in [4.69, 9.17) is 50.5 Å². The van der Waals surface area contributed by atoms with E-state index in [1.807, 2.05) is 83.1 Å². The summed E-state index contributed by atoms with van der Waals surface area (Å²) in [7, 11) is 0. The van der Waals surface area contributed by atoms with Crippen molar-refractivity contribution in [2.45, 2.75) is 102 Å². The minimum atomic E-state index is 0. The largest absolute Gasteiger partial charge is 4.00 e. The van der Waals surface area contributed by atoms with Gasteiger partial charge in [0.05, 0.1) is 0 Å². The Labute approximate surface area is 170 Å². The van der Waals surface area contributed by atoms with Gasteiger partial charge in [0.2, 0.25) is 0 Å². The van der Waals surface area contributed by atoms with Crippen LogP contribution in [0.4, 0.5) is 0 Å². The molecule has 0 nitrogen and oxygen atoms in total. The van der Waals surface area contributed by atoms with Gasteiger partial charge < -0.3 is 50.5 Å². The Balaban J connectivity index is -0.0000000533. The molecular weight excluding hydrogens is 371 g/mol. The third kappa shape index (κ3) is 2230. The van der Waals surface area contributed by atoms with Crippen LogP contribution in [0.25, 0.3) is 0 Å². The van der Waals surface area contributed by atoms with Crippen molar-refractivity contribution in [3.63, 3.8) is 0 Å². The number of hydrogen-bond acceptors (Lipinski definition) is 4. The first-order chi connectivity index (χ1) is 8.00. The third-order valence-electron chi connectivity index (χ3n) is 0. The minimum Gasteiger partial charge on any atom is -0.787 e. The van der Waals surface area contributed by atoms with Crippen LogP contribution in [0.5, 0.6) is 0 Å². The molecule has 0 aromatic heterocycles. The Morgan fingerprint density at radius 2 is 0.333 bits per heavy atom. The average molecular weight is 408 g/mol. The fourth-order valence-corrected chi connectivity index (χ4v) is 0. The normalized spacial score (nSPS) is 11.4. The molecule has 129 valence electrons. The van der Waals surface area contributed by atoms with Crippen molar-refractivity contribution < 1.29 is 18.6 Å². The van der Waals surface area contributed by atoms with Crippen molar-refractivity contribution in [3.05, 3.63) is 0 Å². The topological polar surface area (TPSA) is 0 Å². The van der Waals surface area contributed by atoms with E-state index in [0.29, 0.717) is 0 Å². The molecule has 21 heavy (non-hydrogen) atoms. The summed E-state index contributed by atoms with van der Waals surface area (Å²) in [6.07, 6.45) is 0. The second-order valence-electron chi connectivity index (χ2n) is 8.45. The smallest absolute Gasteiger partial charge is 0.787 e. The monoisotopic (exact) mass is 407 g/mol. The average Bonchev–Trinajstić information content (AvgIpc) is 1.62. The maximum atomic E-state index is 4.83. The zero-order valence-corrected chi connectivity index (χ0v) is 20.7. The summed E-state index contributed by atoms with van der Waals surface area (Å²) in [5, 5.41) is 0. The standard InChI is InChI=1S/4C4H10S.V/c4*1-4(2,3)5;/h4*5H,1-3H3;/q;;;;+4/p-4. The Morgan fingerprint density at radius 3 is 0.333 bits per heavy atom. The molecule has 0 saturated heterocycles.